The van der Waals surface area contributed by atoms with Gasteiger partial charge in [-0.2, -0.15) is 0 Å². The van der Waals surface area contributed by atoms with E-state index in [1.54, 1.807) is 6.07 Å². The van der Waals surface area contributed by atoms with Crippen LogP contribution in [-0.2, 0) is 6.54 Å². The number of nitrogens with zero attached hydrogens (tertiary/aromatic N) is 2. The molecule has 1 aromatic heterocycles. The first-order chi connectivity index (χ1) is 9.28. The van der Waals surface area contributed by atoms with Crippen molar-refractivity contribution in [1.29, 1.82) is 0 Å². The van der Waals surface area contributed by atoms with Gasteiger partial charge in [-0.05, 0) is 24.3 Å². The number of rotatable bonds is 6. The first-order valence-corrected chi connectivity index (χ1v) is 5.84. The van der Waals surface area contributed by atoms with Gasteiger partial charge >= 0.3 is 0 Å². The highest BCUT2D eigenvalue weighted by Crippen LogP contribution is 2.19. The van der Waals surface area contributed by atoms with E-state index in [4.69, 9.17) is 9.84 Å². The van der Waals surface area contributed by atoms with Gasteiger partial charge in [0.1, 0.15) is 17.9 Å². The van der Waals surface area contributed by atoms with Crippen molar-refractivity contribution in [3.63, 3.8) is 0 Å². The minimum absolute atomic E-state index is 0.0734. The van der Waals surface area contributed by atoms with Crippen LogP contribution in [0.2, 0.25) is 0 Å². The van der Waals surface area contributed by atoms with Crippen LogP contribution in [0.3, 0.4) is 0 Å². The maximum Gasteiger partial charge on any atom is 0.222 e. The van der Waals surface area contributed by atoms with Gasteiger partial charge in [-0.3, -0.25) is 0 Å². The molecule has 2 aromatic rings. The first kappa shape index (κ1) is 13.4. The Morgan fingerprint density at radius 2 is 2.00 bits per heavy atom. The zero-order valence-corrected chi connectivity index (χ0v) is 10.2. The van der Waals surface area contributed by atoms with E-state index in [0.29, 0.717) is 24.7 Å². The number of hydrogen-bond acceptors (Lipinski definition) is 5. The number of aromatic nitrogens is 2. The molecule has 19 heavy (non-hydrogen) atoms. The molecule has 1 heterocycles. The van der Waals surface area contributed by atoms with Gasteiger partial charge in [0.2, 0.25) is 5.88 Å². The summed E-state index contributed by atoms with van der Waals surface area (Å²) in [6.07, 6.45) is 1.40. The lowest BCUT2D eigenvalue weighted by molar-refractivity contribution is 0.291. The average Bonchev–Trinajstić information content (AvgIpc) is 2.42. The molecule has 0 atom stereocenters. The van der Waals surface area contributed by atoms with Crippen LogP contribution in [0.25, 0.3) is 0 Å². The summed E-state index contributed by atoms with van der Waals surface area (Å²) < 4.78 is 18.2. The molecule has 100 valence electrons. The van der Waals surface area contributed by atoms with E-state index < -0.39 is 0 Å². The molecule has 0 bridgehead atoms. The third-order valence-corrected chi connectivity index (χ3v) is 2.33. The van der Waals surface area contributed by atoms with Crippen LogP contribution in [0.5, 0.6) is 11.6 Å². The van der Waals surface area contributed by atoms with Gasteiger partial charge in [0.15, 0.2) is 0 Å². The van der Waals surface area contributed by atoms with E-state index in [0.717, 1.165) is 5.69 Å². The summed E-state index contributed by atoms with van der Waals surface area (Å²) in [6, 6.07) is 7.39. The third kappa shape index (κ3) is 4.27. The fraction of sp³-hybridized carbons (Fsp3) is 0.231. The Morgan fingerprint density at radius 3 is 2.74 bits per heavy atom. The summed E-state index contributed by atoms with van der Waals surface area (Å²) in [5, 5.41) is 11.7. The van der Waals surface area contributed by atoms with Crippen LogP contribution in [-0.4, -0.2) is 28.2 Å². The van der Waals surface area contributed by atoms with Crippen molar-refractivity contribution in [1.82, 2.24) is 15.3 Å². The summed E-state index contributed by atoms with van der Waals surface area (Å²) in [6.45, 7) is 1.09. The van der Waals surface area contributed by atoms with Crippen molar-refractivity contribution in [2.24, 2.45) is 0 Å². The summed E-state index contributed by atoms with van der Waals surface area (Å²) in [5.41, 5.74) is 0.751. The Balaban J connectivity index is 2.00. The summed E-state index contributed by atoms with van der Waals surface area (Å²) >= 11 is 0. The molecule has 2 N–H and O–H groups in total. The van der Waals surface area contributed by atoms with E-state index >= 15 is 0 Å². The summed E-state index contributed by atoms with van der Waals surface area (Å²) in [5.74, 6) is 0.584. The second-order valence-corrected chi connectivity index (χ2v) is 3.80. The van der Waals surface area contributed by atoms with Crippen LogP contribution >= 0.6 is 0 Å². The molecule has 0 saturated heterocycles. The fourth-order valence-electron chi connectivity index (χ4n) is 1.45. The number of halogens is 1. The molecular weight excluding hydrogens is 249 g/mol. The Labute approximate surface area is 110 Å². The zero-order chi connectivity index (χ0) is 13.5. The maximum atomic E-state index is 12.8. The molecule has 5 nitrogen and oxygen atoms in total. The molecule has 0 saturated carbocycles. The molecule has 0 fully saturated rings. The molecular formula is C13H14FN3O2. The molecule has 0 aliphatic rings. The standard InChI is InChI=1S/C13H14FN3O2/c14-10-1-3-12(4-2-10)19-13-7-11(16-9-17-13)8-15-5-6-18/h1-4,7,9,15,18H,5-6,8H2. The lowest BCUT2D eigenvalue weighted by atomic mass is 10.3. The molecule has 0 radical (unpaired) electrons. The van der Waals surface area contributed by atoms with Gasteiger partial charge in [0.25, 0.3) is 0 Å². The van der Waals surface area contributed by atoms with Crippen LogP contribution < -0.4 is 10.1 Å². The zero-order valence-electron chi connectivity index (χ0n) is 10.2. The first-order valence-electron chi connectivity index (χ1n) is 5.84. The van der Waals surface area contributed by atoms with E-state index in [-0.39, 0.29) is 12.4 Å². The SMILES string of the molecule is OCCNCc1cc(Oc2ccc(F)cc2)ncn1. The highest BCUT2D eigenvalue weighted by Gasteiger charge is 2.02. The van der Waals surface area contributed by atoms with Crippen molar-refractivity contribution in [3.8, 4) is 11.6 Å². The van der Waals surface area contributed by atoms with Gasteiger partial charge in [-0.25, -0.2) is 14.4 Å². The predicted octanol–water partition coefficient (Wildman–Crippen LogP) is 1.49. The Kier molecular flexibility index (Phi) is 4.77. The minimum atomic E-state index is -0.316. The molecule has 2 rings (SSSR count). The second-order valence-electron chi connectivity index (χ2n) is 3.80. The van der Waals surface area contributed by atoms with Crippen LogP contribution in [0.1, 0.15) is 5.69 Å². The van der Waals surface area contributed by atoms with Gasteiger partial charge in [-0.1, -0.05) is 0 Å². The largest absolute Gasteiger partial charge is 0.439 e. The Morgan fingerprint density at radius 1 is 1.21 bits per heavy atom. The van der Waals surface area contributed by atoms with E-state index in [1.165, 1.54) is 30.6 Å². The van der Waals surface area contributed by atoms with Gasteiger partial charge in [0.05, 0.1) is 12.3 Å². The summed E-state index contributed by atoms with van der Waals surface area (Å²) in [4.78, 5) is 8.05. The second kappa shape index (κ2) is 6.77. The number of nitrogens with one attached hydrogen (secondary N) is 1. The van der Waals surface area contributed by atoms with E-state index in [9.17, 15) is 4.39 Å². The number of ether oxygens (including phenoxy) is 1. The van der Waals surface area contributed by atoms with E-state index in [2.05, 4.69) is 15.3 Å². The van der Waals surface area contributed by atoms with Crippen molar-refractivity contribution in [2.75, 3.05) is 13.2 Å². The monoisotopic (exact) mass is 263 g/mol. The van der Waals surface area contributed by atoms with E-state index in [1.807, 2.05) is 0 Å². The van der Waals surface area contributed by atoms with Crippen LogP contribution in [0, 0.1) is 5.82 Å². The predicted molar refractivity (Wildman–Crippen MR) is 67.3 cm³/mol. The van der Waals surface area contributed by atoms with Crippen molar-refractivity contribution in [3.05, 3.63) is 48.2 Å². The molecule has 0 spiro atoms. The lowest BCUT2D eigenvalue weighted by Crippen LogP contribution is -2.18. The highest BCUT2D eigenvalue weighted by atomic mass is 19.1. The topological polar surface area (TPSA) is 67.3 Å². The normalized spacial score (nSPS) is 10.4. The smallest absolute Gasteiger partial charge is 0.222 e. The van der Waals surface area contributed by atoms with Crippen molar-refractivity contribution in [2.45, 2.75) is 6.54 Å². The van der Waals surface area contributed by atoms with Crippen molar-refractivity contribution < 1.29 is 14.2 Å². The maximum absolute atomic E-state index is 12.8. The quantitative estimate of drug-likeness (QED) is 0.773. The van der Waals surface area contributed by atoms with Gasteiger partial charge in [-0.15, -0.1) is 0 Å². The molecule has 6 heteroatoms. The number of hydrogen-bond donors (Lipinski definition) is 2. The number of aliphatic hydroxyl groups excluding tert-OH is 1. The van der Waals surface area contributed by atoms with Crippen molar-refractivity contribution >= 4 is 0 Å². The summed E-state index contributed by atoms with van der Waals surface area (Å²) in [7, 11) is 0. The molecule has 0 unspecified atom stereocenters. The lowest BCUT2D eigenvalue weighted by Gasteiger charge is -2.06. The highest BCUT2D eigenvalue weighted by molar-refractivity contribution is 5.27. The molecule has 0 aliphatic carbocycles. The number of aliphatic hydroxyl groups is 1. The Bertz CT molecular complexity index is 520. The van der Waals surface area contributed by atoms with Crippen LogP contribution in [0.4, 0.5) is 4.39 Å². The average molecular weight is 263 g/mol. The minimum Gasteiger partial charge on any atom is -0.439 e. The third-order valence-electron chi connectivity index (χ3n) is 2.33. The Hall–Kier alpha value is -2.05. The molecule has 1 aromatic carbocycles. The fourth-order valence-corrected chi connectivity index (χ4v) is 1.45. The van der Waals surface area contributed by atoms with Crippen LogP contribution in [0.15, 0.2) is 36.7 Å². The van der Waals surface area contributed by atoms with Gasteiger partial charge < -0.3 is 15.2 Å². The number of benzene rings is 1. The van der Waals surface area contributed by atoms with Gasteiger partial charge in [0, 0.05) is 19.2 Å². The molecule has 0 aliphatic heterocycles. The molecule has 0 amide bonds.